The summed E-state index contributed by atoms with van der Waals surface area (Å²) >= 11 is 6.47. The van der Waals surface area contributed by atoms with Crippen molar-refractivity contribution in [2.24, 2.45) is 0 Å². The van der Waals surface area contributed by atoms with Crippen molar-refractivity contribution < 1.29 is 19.1 Å². The standard InChI is InChI=1S/C31H30ClN3O4/c1-4-16-39-25-15-14-19(17-26(25)38-5-2)21-18-34-30(37)35(24-13-9-7-11-22(24)32)29(36)31(34,3)28-27(21)20-10-6-8-12-23(20)33-28/h6-15,17,21,33H,4-5,16,18H2,1-3H3/t21?,31-/m0/s1. The lowest BCUT2D eigenvalue weighted by atomic mass is 9.78. The van der Waals surface area contributed by atoms with Crippen LogP contribution in [0.5, 0.6) is 11.5 Å². The highest BCUT2D eigenvalue weighted by Gasteiger charge is 2.61. The van der Waals surface area contributed by atoms with Crippen molar-refractivity contribution in [3.63, 3.8) is 0 Å². The molecule has 7 nitrogen and oxygen atoms in total. The van der Waals surface area contributed by atoms with E-state index in [2.05, 4.69) is 18.0 Å². The van der Waals surface area contributed by atoms with E-state index < -0.39 is 11.6 Å². The molecule has 1 saturated heterocycles. The first-order valence-corrected chi connectivity index (χ1v) is 13.7. The van der Waals surface area contributed by atoms with Crippen LogP contribution in [0.1, 0.15) is 49.9 Å². The number of aromatic nitrogens is 1. The van der Waals surface area contributed by atoms with Crippen LogP contribution >= 0.6 is 11.6 Å². The zero-order valence-electron chi connectivity index (χ0n) is 22.2. The summed E-state index contributed by atoms with van der Waals surface area (Å²) in [5, 5.41) is 1.37. The molecule has 3 amide bonds. The van der Waals surface area contributed by atoms with E-state index in [0.29, 0.717) is 42.0 Å². The number of fused-ring (bicyclic) bond motifs is 5. The highest BCUT2D eigenvalue weighted by Crippen LogP contribution is 2.51. The number of carbonyl (C=O) groups is 2. The number of anilines is 1. The van der Waals surface area contributed by atoms with Gasteiger partial charge in [-0.2, -0.15) is 0 Å². The highest BCUT2D eigenvalue weighted by molar-refractivity contribution is 6.36. The average Bonchev–Trinajstić information content (AvgIpc) is 3.42. The van der Waals surface area contributed by atoms with E-state index in [9.17, 15) is 9.59 Å². The number of H-pyrrole nitrogens is 1. The van der Waals surface area contributed by atoms with Gasteiger partial charge in [0.1, 0.15) is 0 Å². The topological polar surface area (TPSA) is 74.9 Å². The number of nitrogens with one attached hydrogen (secondary N) is 1. The van der Waals surface area contributed by atoms with Crippen molar-refractivity contribution in [2.75, 3.05) is 24.7 Å². The van der Waals surface area contributed by atoms with Crippen LogP contribution in [-0.4, -0.2) is 41.6 Å². The fraction of sp³-hybridized carbons (Fsp3) is 0.290. The molecule has 0 aliphatic carbocycles. The first kappa shape index (κ1) is 25.3. The van der Waals surface area contributed by atoms with E-state index in [4.69, 9.17) is 21.1 Å². The number of aromatic amines is 1. The lowest BCUT2D eigenvalue weighted by molar-refractivity contribution is -0.125. The molecule has 2 atom stereocenters. The van der Waals surface area contributed by atoms with Crippen molar-refractivity contribution in [3.8, 4) is 11.5 Å². The second kappa shape index (κ2) is 9.65. The Labute approximate surface area is 232 Å². The lowest BCUT2D eigenvalue weighted by Crippen LogP contribution is -2.50. The fourth-order valence-electron chi connectivity index (χ4n) is 5.88. The van der Waals surface area contributed by atoms with E-state index in [-0.39, 0.29) is 11.8 Å². The van der Waals surface area contributed by atoms with Crippen molar-refractivity contribution in [1.82, 2.24) is 9.88 Å². The van der Waals surface area contributed by atoms with E-state index in [1.165, 1.54) is 4.90 Å². The minimum Gasteiger partial charge on any atom is -0.490 e. The van der Waals surface area contributed by atoms with Gasteiger partial charge in [0, 0.05) is 23.4 Å². The molecule has 0 spiro atoms. The third-order valence-electron chi connectivity index (χ3n) is 7.75. The number of carbonyl (C=O) groups excluding carboxylic acids is 2. The molecular weight excluding hydrogens is 514 g/mol. The van der Waals surface area contributed by atoms with Crippen molar-refractivity contribution in [1.29, 1.82) is 0 Å². The second-order valence-electron chi connectivity index (χ2n) is 10.1. The number of amides is 3. The zero-order chi connectivity index (χ0) is 27.3. The van der Waals surface area contributed by atoms with Gasteiger partial charge in [-0.25, -0.2) is 9.69 Å². The Kier molecular flexibility index (Phi) is 6.26. The summed E-state index contributed by atoms with van der Waals surface area (Å²) in [5.41, 5.74) is 2.80. The molecule has 2 aliphatic rings. The maximum atomic E-state index is 14.1. The van der Waals surface area contributed by atoms with Gasteiger partial charge in [0.2, 0.25) is 0 Å². The summed E-state index contributed by atoms with van der Waals surface area (Å²) < 4.78 is 11.9. The highest BCUT2D eigenvalue weighted by atomic mass is 35.5. The normalized spacial score (nSPS) is 20.4. The van der Waals surface area contributed by atoms with Crippen LogP contribution in [0, 0.1) is 0 Å². The van der Waals surface area contributed by atoms with Crippen LogP contribution in [-0.2, 0) is 10.3 Å². The predicted molar refractivity (Wildman–Crippen MR) is 152 cm³/mol. The van der Waals surface area contributed by atoms with E-state index >= 15 is 0 Å². The van der Waals surface area contributed by atoms with Crippen LogP contribution in [0.2, 0.25) is 5.02 Å². The predicted octanol–water partition coefficient (Wildman–Crippen LogP) is 6.84. The molecule has 39 heavy (non-hydrogen) atoms. The Morgan fingerprint density at radius 2 is 1.77 bits per heavy atom. The Hall–Kier alpha value is -3.97. The number of ether oxygens (including phenoxy) is 2. The minimum absolute atomic E-state index is 0.202. The molecule has 2 aliphatic heterocycles. The van der Waals surface area contributed by atoms with E-state index in [1.54, 1.807) is 29.2 Å². The summed E-state index contributed by atoms with van der Waals surface area (Å²) in [5.74, 6) is 0.830. The summed E-state index contributed by atoms with van der Waals surface area (Å²) in [6.07, 6.45) is 0.889. The molecule has 6 rings (SSSR count). The average molecular weight is 544 g/mol. The quantitative estimate of drug-likeness (QED) is 0.259. The van der Waals surface area contributed by atoms with Crippen molar-refractivity contribution >= 4 is 40.1 Å². The number of nitrogens with zero attached hydrogens (tertiary/aromatic N) is 2. The minimum atomic E-state index is -1.21. The number of imide groups is 1. The first-order chi connectivity index (χ1) is 18.9. The maximum Gasteiger partial charge on any atom is 0.332 e. The van der Waals surface area contributed by atoms with Crippen LogP contribution in [0.3, 0.4) is 0 Å². The van der Waals surface area contributed by atoms with Gasteiger partial charge in [-0.05, 0) is 61.7 Å². The molecular formula is C31H30ClN3O4. The van der Waals surface area contributed by atoms with E-state index in [0.717, 1.165) is 34.1 Å². The Morgan fingerprint density at radius 1 is 1.00 bits per heavy atom. The number of hydrogen-bond donors (Lipinski definition) is 1. The van der Waals surface area contributed by atoms with Crippen molar-refractivity contribution in [3.05, 3.63) is 88.6 Å². The van der Waals surface area contributed by atoms with Gasteiger partial charge < -0.3 is 19.4 Å². The van der Waals surface area contributed by atoms with Crippen molar-refractivity contribution in [2.45, 2.75) is 38.6 Å². The van der Waals surface area contributed by atoms with Gasteiger partial charge >= 0.3 is 6.03 Å². The molecule has 3 aromatic carbocycles. The molecule has 200 valence electrons. The summed E-state index contributed by atoms with van der Waals surface area (Å²) in [6, 6.07) is 20.5. The Bertz CT molecular complexity index is 1600. The Morgan fingerprint density at radius 3 is 2.54 bits per heavy atom. The monoisotopic (exact) mass is 543 g/mol. The molecule has 0 radical (unpaired) electrons. The molecule has 1 N–H and O–H groups in total. The van der Waals surface area contributed by atoms with Gasteiger partial charge in [-0.3, -0.25) is 4.79 Å². The third kappa shape index (κ3) is 3.79. The zero-order valence-corrected chi connectivity index (χ0v) is 22.9. The molecule has 1 fully saturated rings. The fourth-order valence-corrected chi connectivity index (χ4v) is 6.10. The number of urea groups is 1. The van der Waals surface area contributed by atoms with Gasteiger partial charge in [0.15, 0.2) is 17.0 Å². The number of halogens is 1. The van der Waals surface area contributed by atoms with Gasteiger partial charge in [-0.1, -0.05) is 54.9 Å². The number of hydrogen-bond acceptors (Lipinski definition) is 4. The number of rotatable bonds is 7. The summed E-state index contributed by atoms with van der Waals surface area (Å²) in [6.45, 7) is 7.23. The van der Waals surface area contributed by atoms with Gasteiger partial charge in [-0.15, -0.1) is 0 Å². The van der Waals surface area contributed by atoms with Crippen LogP contribution in [0.25, 0.3) is 10.9 Å². The molecule has 0 saturated carbocycles. The first-order valence-electron chi connectivity index (χ1n) is 13.3. The summed E-state index contributed by atoms with van der Waals surface area (Å²) in [4.78, 5) is 34.5. The smallest absolute Gasteiger partial charge is 0.332 e. The Balaban J connectivity index is 1.53. The van der Waals surface area contributed by atoms with E-state index in [1.807, 2.05) is 50.2 Å². The lowest BCUT2D eigenvalue weighted by Gasteiger charge is -2.40. The number of benzene rings is 3. The van der Waals surface area contributed by atoms with Crippen LogP contribution < -0.4 is 14.4 Å². The van der Waals surface area contributed by atoms with Gasteiger partial charge in [0.05, 0.1) is 29.6 Å². The largest absolute Gasteiger partial charge is 0.490 e. The molecule has 8 heteroatoms. The number of para-hydroxylation sites is 2. The molecule has 1 aromatic heterocycles. The SMILES string of the molecule is CCCOc1ccc(C2CN3C(=O)N(c4ccccc4Cl)C(=O)[C@]3(C)c3[nH]c4ccccc4c32)cc1OCC. The van der Waals surface area contributed by atoms with Crippen LogP contribution in [0.15, 0.2) is 66.7 Å². The molecule has 4 aromatic rings. The second-order valence-corrected chi connectivity index (χ2v) is 10.5. The maximum absolute atomic E-state index is 14.1. The molecule has 0 bridgehead atoms. The van der Waals surface area contributed by atoms with Gasteiger partial charge in [0.25, 0.3) is 5.91 Å². The summed E-state index contributed by atoms with van der Waals surface area (Å²) in [7, 11) is 0. The molecule has 3 heterocycles. The van der Waals surface area contributed by atoms with Crippen LogP contribution in [0.4, 0.5) is 10.5 Å². The third-order valence-corrected chi connectivity index (χ3v) is 8.07. The molecule has 1 unspecified atom stereocenters.